The number of nitrogens with zero attached hydrogens (tertiary/aromatic N) is 2. The Kier molecular flexibility index (Phi) is 2.36. The largest absolute Gasteiger partial charge is 0.335 e. The lowest BCUT2D eigenvalue weighted by Crippen LogP contribution is -2.15. The second-order valence-corrected chi connectivity index (χ2v) is 3.72. The molecule has 1 saturated carbocycles. The molecular weight excluding hydrogens is 162 g/mol. The fraction of sp³-hybridized carbons (Fsp3) is 0.700. The first-order valence-corrected chi connectivity index (χ1v) is 5.05. The molecule has 0 saturated heterocycles. The Bertz CT molecular complexity index is 286. The zero-order valence-corrected chi connectivity index (χ0v) is 8.38. The summed E-state index contributed by atoms with van der Waals surface area (Å²) in [6, 6.07) is 0.770. The van der Waals surface area contributed by atoms with Gasteiger partial charge in [-0.1, -0.05) is 0 Å². The van der Waals surface area contributed by atoms with Gasteiger partial charge in [-0.25, -0.2) is 4.98 Å². The van der Waals surface area contributed by atoms with E-state index in [0.717, 1.165) is 25.0 Å². The molecule has 1 aliphatic rings. The van der Waals surface area contributed by atoms with Crippen LogP contribution in [0, 0.1) is 6.92 Å². The summed E-state index contributed by atoms with van der Waals surface area (Å²) < 4.78 is 2.18. The second kappa shape index (κ2) is 3.50. The molecule has 72 valence electrons. The normalized spacial score (nSPS) is 16.5. The highest BCUT2D eigenvalue weighted by Gasteiger charge is 2.20. The van der Waals surface area contributed by atoms with Crippen molar-refractivity contribution >= 4 is 0 Å². The standard InChI is InChI=1S/C10H17N3/c1-3-13-7-10(12-8(13)2)6-11-9-4-5-9/h7,9,11H,3-6H2,1-2H3. The molecule has 0 spiro atoms. The van der Waals surface area contributed by atoms with Crippen LogP contribution in [0.2, 0.25) is 0 Å². The molecule has 0 radical (unpaired) electrons. The molecular formula is C10H17N3. The van der Waals surface area contributed by atoms with Crippen molar-refractivity contribution in [1.82, 2.24) is 14.9 Å². The molecule has 1 aromatic rings. The molecule has 1 N–H and O–H groups in total. The number of aryl methyl sites for hydroxylation is 2. The predicted octanol–water partition coefficient (Wildman–Crippen LogP) is 1.46. The van der Waals surface area contributed by atoms with Crippen LogP contribution in [0.25, 0.3) is 0 Å². The Balaban J connectivity index is 1.94. The first kappa shape index (κ1) is 8.75. The Hall–Kier alpha value is -0.830. The van der Waals surface area contributed by atoms with E-state index in [4.69, 9.17) is 0 Å². The minimum atomic E-state index is 0.770. The fourth-order valence-electron chi connectivity index (χ4n) is 1.52. The van der Waals surface area contributed by atoms with Gasteiger partial charge in [0, 0.05) is 25.3 Å². The van der Waals surface area contributed by atoms with E-state index in [-0.39, 0.29) is 0 Å². The number of hydrogen-bond donors (Lipinski definition) is 1. The average Bonchev–Trinajstić information content (AvgIpc) is 2.87. The minimum Gasteiger partial charge on any atom is -0.335 e. The van der Waals surface area contributed by atoms with Gasteiger partial charge >= 0.3 is 0 Å². The highest BCUT2D eigenvalue weighted by molar-refractivity contribution is 5.03. The Morgan fingerprint density at radius 2 is 2.38 bits per heavy atom. The van der Waals surface area contributed by atoms with Crippen molar-refractivity contribution in [2.45, 2.75) is 45.8 Å². The van der Waals surface area contributed by atoms with E-state index < -0.39 is 0 Å². The number of nitrogens with one attached hydrogen (secondary N) is 1. The van der Waals surface area contributed by atoms with E-state index in [9.17, 15) is 0 Å². The van der Waals surface area contributed by atoms with E-state index in [1.165, 1.54) is 18.5 Å². The van der Waals surface area contributed by atoms with Gasteiger partial charge < -0.3 is 9.88 Å². The summed E-state index contributed by atoms with van der Waals surface area (Å²) in [6.45, 7) is 6.15. The number of hydrogen-bond acceptors (Lipinski definition) is 2. The van der Waals surface area contributed by atoms with Gasteiger partial charge in [0.05, 0.1) is 5.69 Å². The summed E-state index contributed by atoms with van der Waals surface area (Å²) in [4.78, 5) is 4.48. The molecule has 13 heavy (non-hydrogen) atoms. The SMILES string of the molecule is CCn1cc(CNC2CC2)nc1C. The first-order valence-electron chi connectivity index (χ1n) is 5.05. The number of aromatic nitrogens is 2. The van der Waals surface area contributed by atoms with Crippen LogP contribution >= 0.6 is 0 Å². The molecule has 1 aromatic heterocycles. The molecule has 0 amide bonds. The van der Waals surface area contributed by atoms with Gasteiger partial charge in [0.25, 0.3) is 0 Å². The quantitative estimate of drug-likeness (QED) is 0.758. The summed E-state index contributed by atoms with van der Waals surface area (Å²) in [5.74, 6) is 1.12. The van der Waals surface area contributed by atoms with Crippen LogP contribution in [-0.4, -0.2) is 15.6 Å². The maximum absolute atomic E-state index is 4.48. The van der Waals surface area contributed by atoms with Crippen molar-refractivity contribution in [3.63, 3.8) is 0 Å². The van der Waals surface area contributed by atoms with Crippen LogP contribution in [0.3, 0.4) is 0 Å². The molecule has 0 bridgehead atoms. The van der Waals surface area contributed by atoms with Gasteiger partial charge in [0.15, 0.2) is 0 Å². The molecule has 2 rings (SSSR count). The van der Waals surface area contributed by atoms with Gasteiger partial charge in [0.1, 0.15) is 5.82 Å². The van der Waals surface area contributed by atoms with Crippen molar-refractivity contribution < 1.29 is 0 Å². The monoisotopic (exact) mass is 179 g/mol. The third-order valence-corrected chi connectivity index (χ3v) is 2.52. The van der Waals surface area contributed by atoms with Gasteiger partial charge in [-0.2, -0.15) is 0 Å². The molecule has 3 nitrogen and oxygen atoms in total. The molecule has 1 fully saturated rings. The average molecular weight is 179 g/mol. The topological polar surface area (TPSA) is 29.9 Å². The number of rotatable bonds is 4. The summed E-state index contributed by atoms with van der Waals surface area (Å²) in [6.07, 6.45) is 4.83. The summed E-state index contributed by atoms with van der Waals surface area (Å²) >= 11 is 0. The first-order chi connectivity index (χ1) is 6.29. The maximum Gasteiger partial charge on any atom is 0.105 e. The van der Waals surface area contributed by atoms with Crippen LogP contribution in [-0.2, 0) is 13.1 Å². The highest BCUT2D eigenvalue weighted by atomic mass is 15.1. The highest BCUT2D eigenvalue weighted by Crippen LogP contribution is 2.19. The van der Waals surface area contributed by atoms with Crippen LogP contribution in [0.15, 0.2) is 6.20 Å². The van der Waals surface area contributed by atoms with Crippen molar-refractivity contribution in [2.24, 2.45) is 0 Å². The summed E-state index contributed by atoms with van der Waals surface area (Å²) in [7, 11) is 0. The van der Waals surface area contributed by atoms with Crippen molar-refractivity contribution in [3.05, 3.63) is 17.7 Å². The maximum atomic E-state index is 4.48. The van der Waals surface area contributed by atoms with Gasteiger partial charge in [-0.3, -0.25) is 0 Å². The summed E-state index contributed by atoms with van der Waals surface area (Å²) in [5.41, 5.74) is 1.17. The predicted molar refractivity (Wildman–Crippen MR) is 52.5 cm³/mol. The van der Waals surface area contributed by atoms with Crippen molar-refractivity contribution in [2.75, 3.05) is 0 Å². The molecule has 0 aliphatic heterocycles. The van der Waals surface area contributed by atoms with E-state index in [1.807, 2.05) is 0 Å². The van der Waals surface area contributed by atoms with Gasteiger partial charge in [0.2, 0.25) is 0 Å². The van der Waals surface area contributed by atoms with E-state index in [2.05, 4.69) is 34.9 Å². The fourth-order valence-corrected chi connectivity index (χ4v) is 1.52. The van der Waals surface area contributed by atoms with Crippen molar-refractivity contribution in [1.29, 1.82) is 0 Å². The Morgan fingerprint density at radius 3 is 2.92 bits per heavy atom. The molecule has 1 aliphatic carbocycles. The zero-order chi connectivity index (χ0) is 9.26. The van der Waals surface area contributed by atoms with Crippen LogP contribution in [0.1, 0.15) is 31.3 Å². The van der Waals surface area contributed by atoms with Gasteiger partial charge in [-0.05, 0) is 26.7 Å². The third-order valence-electron chi connectivity index (χ3n) is 2.52. The lowest BCUT2D eigenvalue weighted by molar-refractivity contribution is 0.675. The lowest BCUT2D eigenvalue weighted by Gasteiger charge is -1.97. The van der Waals surface area contributed by atoms with E-state index >= 15 is 0 Å². The zero-order valence-electron chi connectivity index (χ0n) is 8.38. The lowest BCUT2D eigenvalue weighted by atomic mass is 10.4. The van der Waals surface area contributed by atoms with Crippen LogP contribution in [0.5, 0.6) is 0 Å². The van der Waals surface area contributed by atoms with Crippen LogP contribution < -0.4 is 5.32 Å². The molecule has 3 heteroatoms. The molecule has 0 atom stereocenters. The van der Waals surface area contributed by atoms with Gasteiger partial charge in [-0.15, -0.1) is 0 Å². The molecule has 1 heterocycles. The van der Waals surface area contributed by atoms with E-state index in [0.29, 0.717) is 0 Å². The minimum absolute atomic E-state index is 0.770. The Morgan fingerprint density at radius 1 is 1.62 bits per heavy atom. The van der Waals surface area contributed by atoms with Crippen molar-refractivity contribution in [3.8, 4) is 0 Å². The second-order valence-electron chi connectivity index (χ2n) is 3.72. The smallest absolute Gasteiger partial charge is 0.105 e. The number of imidazole rings is 1. The molecule has 0 aromatic carbocycles. The summed E-state index contributed by atoms with van der Waals surface area (Å²) in [5, 5.41) is 3.46. The molecule has 0 unspecified atom stereocenters. The van der Waals surface area contributed by atoms with Crippen LogP contribution in [0.4, 0.5) is 0 Å². The third kappa shape index (κ3) is 2.10. The van der Waals surface area contributed by atoms with E-state index in [1.54, 1.807) is 0 Å². The Labute approximate surface area is 79.2 Å².